The minimum absolute atomic E-state index is 0.177. The maximum Gasteiger partial charge on any atom is 0.248 e. The predicted octanol–water partition coefficient (Wildman–Crippen LogP) is 0.383. The number of nitrogens with two attached hydrogens (primary N) is 1. The van der Waals surface area contributed by atoms with Gasteiger partial charge in [0.2, 0.25) is 5.56 Å². The Kier molecular flexibility index (Phi) is 3.26. The van der Waals surface area contributed by atoms with Gasteiger partial charge in [-0.3, -0.25) is 9.79 Å². The SMILES string of the molecule is CC(C)(C)N=C(NN)c1cc[nH]c(=O)c1. The predicted molar refractivity (Wildman–Crippen MR) is 60.7 cm³/mol. The summed E-state index contributed by atoms with van der Waals surface area (Å²) in [5, 5.41) is 0. The molecule has 0 atom stereocenters. The molecular formula is C10H16N4O. The number of nitrogens with one attached hydrogen (secondary N) is 2. The molecule has 1 aromatic heterocycles. The Hall–Kier alpha value is -1.62. The highest BCUT2D eigenvalue weighted by Crippen LogP contribution is 2.08. The number of H-pyrrole nitrogens is 1. The molecule has 4 N–H and O–H groups in total. The number of nitrogens with zero attached hydrogens (tertiary/aromatic N) is 1. The lowest BCUT2D eigenvalue weighted by Crippen LogP contribution is -2.34. The van der Waals surface area contributed by atoms with Crippen molar-refractivity contribution in [3.05, 3.63) is 34.2 Å². The van der Waals surface area contributed by atoms with Crippen molar-refractivity contribution in [3.8, 4) is 0 Å². The summed E-state index contributed by atoms with van der Waals surface area (Å²) in [5.41, 5.74) is 2.75. The maximum atomic E-state index is 11.1. The second-order valence-electron chi connectivity index (χ2n) is 4.22. The van der Waals surface area contributed by atoms with E-state index in [4.69, 9.17) is 5.84 Å². The molecule has 0 radical (unpaired) electrons. The van der Waals surface area contributed by atoms with Crippen LogP contribution in [0.3, 0.4) is 0 Å². The van der Waals surface area contributed by atoms with Crippen molar-refractivity contribution in [1.82, 2.24) is 10.4 Å². The largest absolute Gasteiger partial charge is 0.329 e. The fraction of sp³-hybridized carbons (Fsp3) is 0.400. The second kappa shape index (κ2) is 4.27. The van der Waals surface area contributed by atoms with E-state index >= 15 is 0 Å². The molecule has 0 amide bonds. The lowest BCUT2D eigenvalue weighted by Gasteiger charge is -2.15. The van der Waals surface area contributed by atoms with Crippen LogP contribution in [0.4, 0.5) is 0 Å². The van der Waals surface area contributed by atoms with E-state index in [0.717, 1.165) is 0 Å². The zero-order valence-corrected chi connectivity index (χ0v) is 9.16. The van der Waals surface area contributed by atoms with Gasteiger partial charge in [0.15, 0.2) is 0 Å². The van der Waals surface area contributed by atoms with Gasteiger partial charge in [-0.2, -0.15) is 0 Å². The summed E-state index contributed by atoms with van der Waals surface area (Å²) in [5.74, 6) is 5.88. The quantitative estimate of drug-likeness (QED) is 0.270. The fourth-order valence-electron chi connectivity index (χ4n) is 1.11. The van der Waals surface area contributed by atoms with Gasteiger partial charge in [-0.1, -0.05) is 0 Å². The van der Waals surface area contributed by atoms with Crippen LogP contribution in [-0.4, -0.2) is 16.4 Å². The molecule has 0 aliphatic rings. The third kappa shape index (κ3) is 3.55. The van der Waals surface area contributed by atoms with Gasteiger partial charge in [-0.05, 0) is 26.8 Å². The van der Waals surface area contributed by atoms with Crippen LogP contribution >= 0.6 is 0 Å². The van der Waals surface area contributed by atoms with Crippen molar-refractivity contribution >= 4 is 5.84 Å². The topological polar surface area (TPSA) is 83.3 Å². The van der Waals surface area contributed by atoms with Gasteiger partial charge in [0.25, 0.3) is 0 Å². The summed E-state index contributed by atoms with van der Waals surface area (Å²) in [6.07, 6.45) is 1.56. The second-order valence-corrected chi connectivity index (χ2v) is 4.22. The molecule has 15 heavy (non-hydrogen) atoms. The fourth-order valence-corrected chi connectivity index (χ4v) is 1.11. The number of hydrazine groups is 1. The first-order valence-corrected chi connectivity index (χ1v) is 4.68. The Balaban J connectivity index is 3.14. The van der Waals surface area contributed by atoms with Crippen LogP contribution in [0.25, 0.3) is 0 Å². The summed E-state index contributed by atoms with van der Waals surface area (Å²) in [7, 11) is 0. The molecule has 0 bridgehead atoms. The molecule has 0 fully saturated rings. The van der Waals surface area contributed by atoms with Crippen LogP contribution < -0.4 is 16.8 Å². The van der Waals surface area contributed by atoms with Crippen LogP contribution in [0.15, 0.2) is 28.1 Å². The summed E-state index contributed by atoms with van der Waals surface area (Å²) in [6.45, 7) is 5.87. The van der Waals surface area contributed by atoms with E-state index in [1.54, 1.807) is 12.3 Å². The van der Waals surface area contributed by atoms with Crippen molar-refractivity contribution in [3.63, 3.8) is 0 Å². The van der Waals surface area contributed by atoms with Gasteiger partial charge in [0.05, 0.1) is 5.54 Å². The minimum Gasteiger partial charge on any atom is -0.329 e. The van der Waals surface area contributed by atoms with Gasteiger partial charge < -0.3 is 10.4 Å². The summed E-state index contributed by atoms with van der Waals surface area (Å²) in [4.78, 5) is 18.0. The molecule has 0 aliphatic heterocycles. The Morgan fingerprint density at radius 3 is 2.67 bits per heavy atom. The van der Waals surface area contributed by atoms with E-state index in [9.17, 15) is 4.79 Å². The van der Waals surface area contributed by atoms with E-state index in [1.165, 1.54) is 6.07 Å². The number of amidine groups is 1. The highest BCUT2D eigenvalue weighted by molar-refractivity contribution is 5.98. The van der Waals surface area contributed by atoms with Crippen molar-refractivity contribution in [2.75, 3.05) is 0 Å². The molecule has 5 heteroatoms. The van der Waals surface area contributed by atoms with E-state index in [-0.39, 0.29) is 11.1 Å². The molecule has 0 saturated carbocycles. The molecule has 0 saturated heterocycles. The van der Waals surface area contributed by atoms with Crippen molar-refractivity contribution < 1.29 is 0 Å². The number of hydrogen-bond donors (Lipinski definition) is 3. The van der Waals surface area contributed by atoms with Crippen LogP contribution in [0.1, 0.15) is 26.3 Å². The van der Waals surface area contributed by atoms with Crippen LogP contribution in [0.5, 0.6) is 0 Å². The van der Waals surface area contributed by atoms with E-state index in [1.807, 2.05) is 20.8 Å². The highest BCUT2D eigenvalue weighted by atomic mass is 16.1. The maximum absolute atomic E-state index is 11.1. The van der Waals surface area contributed by atoms with Gasteiger partial charge >= 0.3 is 0 Å². The van der Waals surface area contributed by atoms with Gasteiger partial charge in [-0.25, -0.2) is 5.84 Å². The van der Waals surface area contributed by atoms with Crippen molar-refractivity contribution in [2.45, 2.75) is 26.3 Å². The first-order chi connectivity index (χ1) is 6.92. The van der Waals surface area contributed by atoms with Crippen LogP contribution in [-0.2, 0) is 0 Å². The van der Waals surface area contributed by atoms with Crippen LogP contribution in [0, 0.1) is 0 Å². The molecule has 0 unspecified atom stereocenters. The van der Waals surface area contributed by atoms with Gasteiger partial charge in [-0.15, -0.1) is 0 Å². The molecule has 0 aromatic carbocycles. The Morgan fingerprint density at radius 2 is 2.20 bits per heavy atom. The minimum atomic E-state index is -0.246. The van der Waals surface area contributed by atoms with Crippen molar-refractivity contribution in [1.29, 1.82) is 0 Å². The zero-order chi connectivity index (χ0) is 11.5. The molecular weight excluding hydrogens is 192 g/mol. The highest BCUT2D eigenvalue weighted by Gasteiger charge is 2.10. The molecule has 5 nitrogen and oxygen atoms in total. The number of rotatable bonds is 1. The Labute approximate surface area is 88.4 Å². The first kappa shape index (κ1) is 11.5. The number of aliphatic imine (C=N–C) groups is 1. The zero-order valence-electron chi connectivity index (χ0n) is 9.16. The number of hydrogen-bond acceptors (Lipinski definition) is 3. The molecule has 1 aromatic rings. The van der Waals surface area contributed by atoms with E-state index < -0.39 is 0 Å². The van der Waals surface area contributed by atoms with E-state index in [2.05, 4.69) is 15.4 Å². The van der Waals surface area contributed by atoms with E-state index in [0.29, 0.717) is 11.4 Å². The monoisotopic (exact) mass is 208 g/mol. The molecule has 82 valence electrons. The average molecular weight is 208 g/mol. The Bertz CT molecular complexity index is 414. The first-order valence-electron chi connectivity index (χ1n) is 4.68. The summed E-state index contributed by atoms with van der Waals surface area (Å²) < 4.78 is 0. The van der Waals surface area contributed by atoms with Crippen LogP contribution in [0.2, 0.25) is 0 Å². The van der Waals surface area contributed by atoms with Crippen molar-refractivity contribution in [2.24, 2.45) is 10.8 Å². The number of aromatic nitrogens is 1. The average Bonchev–Trinajstić information content (AvgIpc) is 2.13. The molecule has 1 rings (SSSR count). The number of pyridine rings is 1. The summed E-state index contributed by atoms with van der Waals surface area (Å²) in [6, 6.07) is 3.19. The smallest absolute Gasteiger partial charge is 0.248 e. The third-order valence-corrected chi connectivity index (χ3v) is 1.63. The lowest BCUT2D eigenvalue weighted by atomic mass is 10.1. The molecule has 0 spiro atoms. The lowest BCUT2D eigenvalue weighted by molar-refractivity contribution is 0.580. The Morgan fingerprint density at radius 1 is 1.53 bits per heavy atom. The molecule has 0 aliphatic carbocycles. The third-order valence-electron chi connectivity index (χ3n) is 1.63. The number of aromatic amines is 1. The van der Waals surface area contributed by atoms with Gasteiger partial charge in [0.1, 0.15) is 5.84 Å². The normalized spacial score (nSPS) is 12.7. The molecule has 1 heterocycles. The summed E-state index contributed by atoms with van der Waals surface area (Å²) >= 11 is 0. The van der Waals surface area contributed by atoms with Gasteiger partial charge in [0, 0.05) is 17.8 Å². The standard InChI is InChI=1S/C10H16N4O/c1-10(2,3)13-9(14-11)7-4-5-12-8(15)6-7/h4-6H,11H2,1-3H3,(H,12,15)(H,13,14).